The molecule has 22 heavy (non-hydrogen) atoms. The SMILES string of the molecule is Cc1cc(C)nc([N-]S(=O)(=O)c2ccc(N)cc2)n1.O.[Na+].[OH-]. The molecule has 1 aromatic carbocycles. The van der Waals surface area contributed by atoms with Crippen LogP contribution in [0.5, 0.6) is 0 Å². The van der Waals surface area contributed by atoms with Crippen molar-refractivity contribution in [1.29, 1.82) is 0 Å². The van der Waals surface area contributed by atoms with Gasteiger partial charge in [-0.1, -0.05) is 6.07 Å². The van der Waals surface area contributed by atoms with Gasteiger partial charge >= 0.3 is 29.6 Å². The Labute approximate surface area is 151 Å². The fourth-order valence-electron chi connectivity index (χ4n) is 1.55. The fourth-order valence-corrected chi connectivity index (χ4v) is 2.43. The van der Waals surface area contributed by atoms with Crippen LogP contribution in [0.2, 0.25) is 0 Å². The van der Waals surface area contributed by atoms with Gasteiger partial charge in [-0.2, -0.15) is 0 Å². The van der Waals surface area contributed by atoms with Crippen LogP contribution in [-0.2, 0) is 10.0 Å². The number of nitrogens with two attached hydrogens (primary N) is 1. The molecule has 0 aliphatic rings. The number of rotatable bonds is 3. The van der Waals surface area contributed by atoms with Crippen molar-refractivity contribution in [2.24, 2.45) is 0 Å². The molecule has 8 nitrogen and oxygen atoms in total. The molecule has 2 aromatic rings. The van der Waals surface area contributed by atoms with E-state index in [0.717, 1.165) is 0 Å². The fraction of sp³-hybridized carbons (Fsp3) is 0.167. The molecule has 0 atom stereocenters. The summed E-state index contributed by atoms with van der Waals surface area (Å²) in [4.78, 5) is 8.02. The number of hydrogen-bond donors (Lipinski definition) is 1. The Kier molecular flexibility index (Phi) is 9.46. The molecule has 5 N–H and O–H groups in total. The molecule has 0 radical (unpaired) electrons. The normalized spacial score (nSPS) is 9.73. The van der Waals surface area contributed by atoms with E-state index in [1.165, 1.54) is 24.3 Å². The molecule has 0 saturated heterocycles. The average Bonchev–Trinajstić information content (AvgIpc) is 2.27. The Morgan fingerprint density at radius 1 is 1.05 bits per heavy atom. The number of nitrogen functional groups attached to an aromatic ring is 1. The van der Waals surface area contributed by atoms with Crippen molar-refractivity contribution in [3.63, 3.8) is 0 Å². The van der Waals surface area contributed by atoms with Gasteiger partial charge in [0.05, 0.1) is 4.90 Å². The minimum absolute atomic E-state index is 0. The van der Waals surface area contributed by atoms with Crippen LogP contribution in [0.3, 0.4) is 0 Å². The van der Waals surface area contributed by atoms with E-state index in [9.17, 15) is 8.42 Å². The predicted octanol–water partition coefficient (Wildman–Crippen LogP) is -1.93. The third-order valence-electron chi connectivity index (χ3n) is 2.35. The quantitative estimate of drug-likeness (QED) is 0.507. The van der Waals surface area contributed by atoms with Gasteiger partial charge in [0, 0.05) is 11.6 Å². The molecular formula is C12H16N4NaO4S-. The van der Waals surface area contributed by atoms with E-state index in [1.807, 2.05) is 0 Å². The number of aromatic nitrogens is 2. The van der Waals surface area contributed by atoms with Crippen LogP contribution >= 0.6 is 0 Å². The minimum Gasteiger partial charge on any atom is -0.870 e. The first-order valence-electron chi connectivity index (χ1n) is 5.53. The van der Waals surface area contributed by atoms with Crippen molar-refractivity contribution >= 4 is 21.7 Å². The largest absolute Gasteiger partial charge is 1.00 e. The minimum atomic E-state index is -3.82. The Balaban J connectivity index is 0. The van der Waals surface area contributed by atoms with Crippen molar-refractivity contribution in [3.05, 3.63) is 46.4 Å². The van der Waals surface area contributed by atoms with E-state index in [4.69, 9.17) is 5.73 Å². The average molecular weight is 335 g/mol. The topological polar surface area (TPSA) is 162 Å². The van der Waals surface area contributed by atoms with Gasteiger partial charge in [-0.3, -0.25) is 4.72 Å². The third kappa shape index (κ3) is 5.87. The van der Waals surface area contributed by atoms with Crippen molar-refractivity contribution in [2.75, 3.05) is 5.73 Å². The second-order valence-corrected chi connectivity index (χ2v) is 5.69. The van der Waals surface area contributed by atoms with Crippen LogP contribution in [0.1, 0.15) is 11.4 Å². The summed E-state index contributed by atoms with van der Waals surface area (Å²) in [6.45, 7) is 3.51. The monoisotopic (exact) mass is 335 g/mol. The Hall–Kier alpha value is -1.23. The molecule has 0 aliphatic heterocycles. The molecule has 116 valence electrons. The van der Waals surface area contributed by atoms with E-state index >= 15 is 0 Å². The zero-order valence-electron chi connectivity index (χ0n) is 12.5. The molecule has 10 heteroatoms. The summed E-state index contributed by atoms with van der Waals surface area (Å²) in [6, 6.07) is 7.55. The maximum absolute atomic E-state index is 12.0. The van der Waals surface area contributed by atoms with Gasteiger partial charge in [0.25, 0.3) is 0 Å². The van der Waals surface area contributed by atoms with Crippen molar-refractivity contribution in [2.45, 2.75) is 18.7 Å². The van der Waals surface area contributed by atoms with Crippen LogP contribution in [0.25, 0.3) is 4.72 Å². The summed E-state index contributed by atoms with van der Waals surface area (Å²) in [5, 5.41) is 0. The van der Waals surface area contributed by atoms with E-state index in [1.54, 1.807) is 19.9 Å². The van der Waals surface area contributed by atoms with Crippen LogP contribution < -0.4 is 35.3 Å². The van der Waals surface area contributed by atoms with Crippen LogP contribution in [0, 0.1) is 13.8 Å². The molecule has 0 spiro atoms. The molecule has 0 aliphatic carbocycles. The molecule has 0 amide bonds. The molecule has 0 unspecified atom stereocenters. The first-order valence-corrected chi connectivity index (χ1v) is 6.97. The maximum atomic E-state index is 12.0. The van der Waals surface area contributed by atoms with Gasteiger partial charge in [0.2, 0.25) is 10.0 Å². The number of aryl methyl sites for hydroxylation is 2. The Bertz CT molecular complexity index is 687. The van der Waals surface area contributed by atoms with Gasteiger partial charge in [0.15, 0.2) is 0 Å². The van der Waals surface area contributed by atoms with Crippen molar-refractivity contribution < 1.29 is 48.9 Å². The van der Waals surface area contributed by atoms with Gasteiger partial charge < -0.3 is 26.7 Å². The van der Waals surface area contributed by atoms with Gasteiger partial charge in [-0.05, 0) is 49.5 Å². The Morgan fingerprint density at radius 2 is 1.50 bits per heavy atom. The zero-order valence-corrected chi connectivity index (χ0v) is 15.3. The van der Waals surface area contributed by atoms with E-state index in [-0.39, 0.29) is 51.4 Å². The maximum Gasteiger partial charge on any atom is 1.00 e. The first-order chi connectivity index (χ1) is 8.87. The molecule has 1 aromatic heterocycles. The van der Waals surface area contributed by atoms with E-state index in [0.29, 0.717) is 17.1 Å². The molecule has 0 bridgehead atoms. The summed E-state index contributed by atoms with van der Waals surface area (Å²) >= 11 is 0. The molecular weight excluding hydrogens is 319 g/mol. The molecule has 1 heterocycles. The van der Waals surface area contributed by atoms with Crippen molar-refractivity contribution in [3.8, 4) is 0 Å². The second-order valence-electron chi connectivity index (χ2n) is 4.09. The van der Waals surface area contributed by atoms with Crippen LogP contribution in [0.4, 0.5) is 11.6 Å². The summed E-state index contributed by atoms with van der Waals surface area (Å²) < 4.78 is 27.7. The number of sulfonamides is 1. The van der Waals surface area contributed by atoms with E-state index in [2.05, 4.69) is 14.7 Å². The molecule has 0 fully saturated rings. The zero-order chi connectivity index (χ0) is 14.0. The van der Waals surface area contributed by atoms with Gasteiger partial charge in [-0.25, -0.2) is 8.42 Å². The van der Waals surface area contributed by atoms with Crippen LogP contribution in [-0.4, -0.2) is 29.3 Å². The summed E-state index contributed by atoms with van der Waals surface area (Å²) in [5.41, 5.74) is 7.33. The summed E-state index contributed by atoms with van der Waals surface area (Å²) in [6.07, 6.45) is 0. The number of nitrogens with zero attached hydrogens (tertiary/aromatic N) is 3. The number of hydrogen-bond acceptors (Lipinski definition) is 6. The summed E-state index contributed by atoms with van der Waals surface area (Å²) in [7, 11) is -3.82. The standard InChI is InChI=1S/C12H13N4O2S.Na.2H2O/c1-8-7-9(2)15-12(14-8)16-19(17,18)11-5-3-10(13)4-6-11;;;/h3-7H,13H2,1-2H3;;2*1H2/q-1;+1;;/p-1. The predicted molar refractivity (Wildman–Crippen MR) is 78.1 cm³/mol. The smallest absolute Gasteiger partial charge is 0.870 e. The summed E-state index contributed by atoms with van der Waals surface area (Å²) in [5.74, 6) is -0.0608. The Morgan fingerprint density at radius 3 is 1.95 bits per heavy atom. The van der Waals surface area contributed by atoms with Gasteiger partial charge in [0.1, 0.15) is 0 Å². The number of anilines is 1. The molecule has 0 saturated carbocycles. The first kappa shape index (κ1) is 23.0. The number of benzene rings is 1. The van der Waals surface area contributed by atoms with Crippen LogP contribution in [0.15, 0.2) is 35.2 Å². The second kappa shape index (κ2) is 9.03. The molecule has 2 rings (SSSR count). The van der Waals surface area contributed by atoms with E-state index < -0.39 is 10.0 Å². The van der Waals surface area contributed by atoms with Crippen molar-refractivity contribution in [1.82, 2.24) is 9.97 Å². The third-order valence-corrected chi connectivity index (χ3v) is 3.62. The van der Waals surface area contributed by atoms with Gasteiger partial charge in [-0.15, -0.1) is 0 Å².